The van der Waals surface area contributed by atoms with Gasteiger partial charge in [0.2, 0.25) is 11.8 Å². The molecule has 3 amide bonds. The molecule has 6 rings (SSSR count). The fourth-order valence-electron chi connectivity index (χ4n) is 5.81. The number of hydrogen-bond acceptors (Lipinski definition) is 7. The molecule has 3 aliphatic heterocycles. The van der Waals surface area contributed by atoms with Gasteiger partial charge in [0.1, 0.15) is 11.9 Å². The number of benzene rings is 2. The van der Waals surface area contributed by atoms with Crippen molar-refractivity contribution in [2.75, 3.05) is 36.8 Å². The third-order valence-electron chi connectivity index (χ3n) is 7.98. The minimum Gasteiger partial charge on any atom is -0.368 e. The smallest absolute Gasteiger partial charge is 0.259 e. The predicted molar refractivity (Wildman–Crippen MR) is 158 cm³/mol. The molecule has 40 heavy (non-hydrogen) atoms. The van der Waals surface area contributed by atoms with Gasteiger partial charge < -0.3 is 15.1 Å². The van der Waals surface area contributed by atoms with Crippen LogP contribution in [0.1, 0.15) is 44.1 Å². The molecule has 0 bridgehead atoms. The van der Waals surface area contributed by atoms with Crippen molar-refractivity contribution >= 4 is 51.9 Å². The van der Waals surface area contributed by atoms with Crippen LogP contribution in [0.4, 0.5) is 11.4 Å². The molecule has 1 aliphatic carbocycles. The normalized spacial score (nSPS) is 20.9. The van der Waals surface area contributed by atoms with Crippen LogP contribution in [0.2, 0.25) is 0 Å². The second-order valence-electron chi connectivity index (χ2n) is 10.7. The van der Waals surface area contributed by atoms with Crippen LogP contribution in [-0.4, -0.2) is 82.5 Å². The number of nitrogens with zero attached hydrogens (tertiary/aromatic N) is 5. The Morgan fingerprint density at radius 2 is 1.65 bits per heavy atom. The Hall–Kier alpha value is -3.66. The van der Waals surface area contributed by atoms with E-state index >= 15 is 0 Å². The second-order valence-corrected chi connectivity index (χ2v) is 11.6. The van der Waals surface area contributed by atoms with Gasteiger partial charge in [0.05, 0.1) is 17.9 Å². The summed E-state index contributed by atoms with van der Waals surface area (Å²) in [5.41, 5.74) is 2.64. The van der Waals surface area contributed by atoms with Crippen molar-refractivity contribution in [2.45, 2.75) is 50.6 Å². The summed E-state index contributed by atoms with van der Waals surface area (Å²) in [5.74, 6) is 0.304. The van der Waals surface area contributed by atoms with E-state index in [0.717, 1.165) is 44.3 Å². The van der Waals surface area contributed by atoms with Crippen molar-refractivity contribution in [2.24, 2.45) is 9.98 Å². The summed E-state index contributed by atoms with van der Waals surface area (Å²) >= 11 is 1.26. The summed E-state index contributed by atoms with van der Waals surface area (Å²) in [4.78, 5) is 54.6. The highest BCUT2D eigenvalue weighted by Crippen LogP contribution is 2.34. The van der Waals surface area contributed by atoms with Gasteiger partial charge in [-0.15, -0.1) is 0 Å². The summed E-state index contributed by atoms with van der Waals surface area (Å²) in [7, 11) is 0. The molecule has 1 atom stereocenters. The van der Waals surface area contributed by atoms with E-state index in [-0.39, 0.29) is 35.9 Å². The summed E-state index contributed by atoms with van der Waals surface area (Å²) < 4.78 is 0. The van der Waals surface area contributed by atoms with Crippen LogP contribution in [-0.2, 0) is 14.4 Å². The van der Waals surface area contributed by atoms with Crippen LogP contribution in [0.25, 0.3) is 0 Å². The van der Waals surface area contributed by atoms with Crippen molar-refractivity contribution in [3.63, 3.8) is 0 Å². The number of para-hydroxylation sites is 2. The number of carbonyl (C=O) groups is 3. The van der Waals surface area contributed by atoms with Gasteiger partial charge in [-0.2, -0.15) is 0 Å². The molecule has 2 fully saturated rings. The average Bonchev–Trinajstić information content (AvgIpc) is 3.32. The maximum Gasteiger partial charge on any atom is 0.259 e. The molecule has 0 radical (unpaired) electrons. The predicted octanol–water partition coefficient (Wildman–Crippen LogP) is 3.57. The van der Waals surface area contributed by atoms with E-state index in [9.17, 15) is 14.4 Å². The molecule has 1 saturated heterocycles. The van der Waals surface area contributed by atoms with Gasteiger partial charge in [0.25, 0.3) is 5.91 Å². The van der Waals surface area contributed by atoms with Crippen LogP contribution in [0, 0.1) is 0 Å². The summed E-state index contributed by atoms with van der Waals surface area (Å²) in [6.45, 7) is 2.86. The van der Waals surface area contributed by atoms with Crippen molar-refractivity contribution < 1.29 is 14.4 Å². The van der Waals surface area contributed by atoms with Crippen LogP contribution in [0.3, 0.4) is 0 Å². The van der Waals surface area contributed by atoms with Gasteiger partial charge in [-0.3, -0.25) is 19.4 Å². The van der Waals surface area contributed by atoms with Crippen molar-refractivity contribution in [3.8, 4) is 0 Å². The highest BCUT2D eigenvalue weighted by Gasteiger charge is 2.42. The fraction of sp³-hybridized carbons (Fsp3) is 0.433. The van der Waals surface area contributed by atoms with Gasteiger partial charge in [0, 0.05) is 43.5 Å². The van der Waals surface area contributed by atoms with Gasteiger partial charge in [-0.25, -0.2) is 9.89 Å². The Kier molecular flexibility index (Phi) is 7.86. The van der Waals surface area contributed by atoms with E-state index in [1.54, 1.807) is 0 Å². The highest BCUT2D eigenvalue weighted by molar-refractivity contribution is 8.14. The maximum absolute atomic E-state index is 13.5. The standard InChI is InChI=1S/C30H34N6O3S/c37-26(31-21-9-3-1-4-10-21)19-25-29(39)36-28(32-25)23-13-7-8-14-24(23)33-30(36)40-20-27(38)35-17-15-34(16-18-35)22-11-5-2-6-12-22/h2,5-8,11-14,21,25H,1,3-4,9-10,15-20H2,(H,31,37)/t25-/m1/s1. The maximum atomic E-state index is 13.5. The first-order valence-corrected chi connectivity index (χ1v) is 15.1. The number of anilines is 1. The SMILES string of the molecule is O=C(C[C@H]1N=C2c3ccccc3N=C(SCC(=O)N3CCN(c4ccccc4)CC3)N2C1=O)NC1CCCCC1. The molecule has 3 heterocycles. The molecular weight excluding hydrogens is 524 g/mol. The topological polar surface area (TPSA) is 97.7 Å². The molecule has 208 valence electrons. The largest absolute Gasteiger partial charge is 0.368 e. The number of fused-ring (bicyclic) bond motifs is 3. The molecule has 0 spiro atoms. The molecule has 0 unspecified atom stereocenters. The number of nitrogens with one attached hydrogen (secondary N) is 1. The van der Waals surface area contributed by atoms with E-state index in [1.165, 1.54) is 28.8 Å². The van der Waals surface area contributed by atoms with Gasteiger partial charge in [-0.05, 0) is 37.1 Å². The van der Waals surface area contributed by atoms with Crippen LogP contribution in [0.15, 0.2) is 64.6 Å². The zero-order valence-corrected chi connectivity index (χ0v) is 23.3. The van der Waals surface area contributed by atoms with E-state index in [1.807, 2.05) is 47.4 Å². The Balaban J connectivity index is 1.10. The molecule has 2 aromatic rings. The van der Waals surface area contributed by atoms with Gasteiger partial charge in [-0.1, -0.05) is 61.4 Å². The zero-order valence-electron chi connectivity index (χ0n) is 22.5. The first kappa shape index (κ1) is 26.6. The number of amidine groups is 2. The number of thioether (sulfide) groups is 1. The van der Waals surface area contributed by atoms with Gasteiger partial charge in [0.15, 0.2) is 5.17 Å². The van der Waals surface area contributed by atoms with Crippen molar-refractivity contribution in [1.82, 2.24) is 15.1 Å². The van der Waals surface area contributed by atoms with Crippen LogP contribution < -0.4 is 10.2 Å². The number of hydrogen-bond donors (Lipinski definition) is 1. The molecule has 1 N–H and O–H groups in total. The first-order valence-electron chi connectivity index (χ1n) is 14.2. The number of rotatable bonds is 6. The summed E-state index contributed by atoms with van der Waals surface area (Å²) in [6, 6.07) is 17.2. The Labute approximate surface area is 238 Å². The quantitative estimate of drug-likeness (QED) is 0.585. The zero-order chi connectivity index (χ0) is 27.5. The van der Waals surface area contributed by atoms with Gasteiger partial charge >= 0.3 is 0 Å². The summed E-state index contributed by atoms with van der Waals surface area (Å²) in [5, 5.41) is 3.54. The molecule has 9 nitrogen and oxygen atoms in total. The molecule has 0 aromatic heterocycles. The third-order valence-corrected chi connectivity index (χ3v) is 8.90. The van der Waals surface area contributed by atoms with E-state index in [2.05, 4.69) is 22.3 Å². The Bertz CT molecular complexity index is 1330. The lowest BCUT2D eigenvalue weighted by atomic mass is 9.95. The van der Waals surface area contributed by atoms with E-state index in [0.29, 0.717) is 29.8 Å². The average molecular weight is 559 g/mol. The highest BCUT2D eigenvalue weighted by atomic mass is 32.2. The first-order chi connectivity index (χ1) is 19.6. The van der Waals surface area contributed by atoms with Crippen LogP contribution in [0.5, 0.6) is 0 Å². The minimum atomic E-state index is -0.794. The Morgan fingerprint density at radius 3 is 2.42 bits per heavy atom. The number of amides is 3. The van der Waals surface area contributed by atoms with E-state index in [4.69, 9.17) is 9.98 Å². The lowest BCUT2D eigenvalue weighted by Gasteiger charge is -2.36. The molecule has 4 aliphatic rings. The molecule has 2 aromatic carbocycles. The fourth-order valence-corrected chi connectivity index (χ4v) is 6.72. The monoisotopic (exact) mass is 558 g/mol. The third kappa shape index (κ3) is 5.63. The number of aliphatic imine (C=N–C) groups is 2. The van der Waals surface area contributed by atoms with Crippen molar-refractivity contribution in [3.05, 3.63) is 60.2 Å². The van der Waals surface area contributed by atoms with Crippen LogP contribution >= 0.6 is 11.8 Å². The lowest BCUT2D eigenvalue weighted by molar-refractivity contribution is -0.129. The molecule has 10 heteroatoms. The molecule has 1 saturated carbocycles. The Morgan fingerprint density at radius 1 is 0.925 bits per heavy atom. The van der Waals surface area contributed by atoms with E-state index < -0.39 is 6.04 Å². The second kappa shape index (κ2) is 11.8. The van der Waals surface area contributed by atoms with Crippen molar-refractivity contribution in [1.29, 1.82) is 0 Å². The minimum absolute atomic E-state index is 0.0140. The lowest BCUT2D eigenvalue weighted by Crippen LogP contribution is -2.49. The number of piperazine rings is 1. The number of carbonyl (C=O) groups excluding carboxylic acids is 3. The molecular formula is C30H34N6O3S. The summed E-state index contributed by atoms with van der Waals surface area (Å²) in [6.07, 6.45) is 5.45.